The van der Waals surface area contributed by atoms with Crippen molar-refractivity contribution in [1.29, 1.82) is 0 Å². The zero-order valence-corrected chi connectivity index (χ0v) is 5.46. The topological polar surface area (TPSA) is 9.23 Å². The Labute approximate surface area is 42.0 Å². The van der Waals surface area contributed by atoms with Gasteiger partial charge < -0.3 is 0 Å². The van der Waals surface area contributed by atoms with Gasteiger partial charge in [-0.3, -0.25) is 0 Å². The fourth-order valence-corrected chi connectivity index (χ4v) is 0. The third-order valence-electron chi connectivity index (χ3n) is 0.233. The van der Waals surface area contributed by atoms with Crippen molar-refractivity contribution in [3.05, 3.63) is 0 Å². The minimum atomic E-state index is -8.10. The van der Waals surface area contributed by atoms with Gasteiger partial charge >= 0.3 is 41.4 Å². The summed E-state index contributed by atoms with van der Waals surface area (Å²) in [6.45, 7) is 0. The average molecular weight is 234 g/mol. The van der Waals surface area contributed by atoms with Gasteiger partial charge in [0.1, 0.15) is 0 Å². The summed E-state index contributed by atoms with van der Waals surface area (Å²) in [4.78, 5) is 0. The van der Waals surface area contributed by atoms with Gasteiger partial charge in [-0.05, 0) is 0 Å². The molecule has 0 N–H and O–H groups in total. The normalized spacial score (nSPS) is 18.1. The van der Waals surface area contributed by atoms with E-state index in [1.807, 2.05) is 0 Å². The molecule has 7 heavy (non-hydrogen) atoms. The number of hydrogen-bond donors (Lipinski definition) is 0. The molecule has 1 nitrogen and oxygen atoms in total. The van der Waals surface area contributed by atoms with Crippen molar-refractivity contribution >= 4 is 19.8 Å². The van der Waals surface area contributed by atoms with Crippen LogP contribution < -0.4 is 0 Å². The fourth-order valence-electron chi connectivity index (χ4n) is 0. The second-order valence-electron chi connectivity index (χ2n) is 0.712. The van der Waals surface area contributed by atoms with Gasteiger partial charge in [0, 0.05) is 0 Å². The summed E-state index contributed by atoms with van der Waals surface area (Å²) in [5, 5.41) is 0. The minimum absolute atomic E-state index is 0.300. The second kappa shape index (κ2) is 1.44. The van der Waals surface area contributed by atoms with E-state index >= 15 is 0 Å². The summed E-state index contributed by atoms with van der Waals surface area (Å²) in [7, 11) is 0.300. The van der Waals surface area contributed by atoms with Crippen LogP contribution in [0.5, 0.6) is 0 Å². The summed E-state index contributed by atoms with van der Waals surface area (Å²) in [5.41, 5.74) is 0. The summed E-state index contributed by atoms with van der Waals surface area (Å²) < 4.78 is 45.7. The molecule has 0 heterocycles. The van der Waals surface area contributed by atoms with E-state index in [-0.39, 0.29) is 0 Å². The van der Waals surface area contributed by atoms with E-state index in [1.54, 1.807) is 0 Å². The first-order valence-corrected chi connectivity index (χ1v) is 5.28. The second-order valence-corrected chi connectivity index (χ2v) is 4.77. The van der Waals surface area contributed by atoms with Crippen LogP contribution in [0.2, 0.25) is 0 Å². The first-order chi connectivity index (χ1) is 2.81. The molecular formula is CH3F4IO. The molecule has 48 valence electrons. The molecule has 0 aliphatic carbocycles. The zero-order valence-electron chi connectivity index (χ0n) is 3.30. The Morgan fingerprint density at radius 2 is 1.29 bits per heavy atom. The molecule has 0 saturated carbocycles. The Morgan fingerprint density at radius 3 is 1.29 bits per heavy atom. The molecule has 0 amide bonds. The molecule has 0 rings (SSSR count). The molecule has 0 atom stereocenters. The third-order valence-corrected chi connectivity index (χ3v) is 1.56. The maximum atomic E-state index is 10.8. The van der Waals surface area contributed by atoms with Gasteiger partial charge in [-0.25, -0.2) is 0 Å². The molecular weight excluding hydrogens is 231 g/mol. The van der Waals surface area contributed by atoms with E-state index in [9.17, 15) is 11.4 Å². The van der Waals surface area contributed by atoms with Crippen molar-refractivity contribution in [2.24, 2.45) is 0 Å². The van der Waals surface area contributed by atoms with Crippen molar-refractivity contribution in [2.45, 2.75) is 0 Å². The molecule has 0 spiro atoms. The van der Waals surface area contributed by atoms with E-state index in [2.05, 4.69) is 3.07 Å². The van der Waals surface area contributed by atoms with Crippen LogP contribution in [-0.4, -0.2) is 7.11 Å². The molecule has 0 unspecified atom stereocenters. The Hall–Kier alpha value is 0.410. The first kappa shape index (κ1) is 7.41. The van der Waals surface area contributed by atoms with Crippen LogP contribution in [0.1, 0.15) is 0 Å². The van der Waals surface area contributed by atoms with E-state index in [0.29, 0.717) is 7.11 Å². The SMILES string of the molecule is COI(F)(F)(F)F. The van der Waals surface area contributed by atoms with Gasteiger partial charge in [-0.15, -0.1) is 0 Å². The summed E-state index contributed by atoms with van der Waals surface area (Å²) in [6, 6.07) is 0. The average Bonchev–Trinajstić information content (AvgIpc) is 1.32. The first-order valence-electron chi connectivity index (χ1n) is 1.13. The summed E-state index contributed by atoms with van der Waals surface area (Å²) in [5.74, 6) is 0. The Kier molecular flexibility index (Phi) is 1.53. The van der Waals surface area contributed by atoms with Crippen molar-refractivity contribution in [3.8, 4) is 0 Å². The Balaban J connectivity index is 3.83. The Bertz CT molecular complexity index is 64.2. The van der Waals surface area contributed by atoms with Gasteiger partial charge in [0.25, 0.3) is 0 Å². The van der Waals surface area contributed by atoms with Crippen molar-refractivity contribution in [2.75, 3.05) is 7.11 Å². The molecule has 0 radical (unpaired) electrons. The number of rotatable bonds is 1. The molecule has 0 aromatic heterocycles. The van der Waals surface area contributed by atoms with Crippen LogP contribution in [0, 0.1) is 0 Å². The van der Waals surface area contributed by atoms with E-state index in [4.69, 9.17) is 0 Å². The van der Waals surface area contributed by atoms with Crippen LogP contribution in [0.3, 0.4) is 0 Å². The van der Waals surface area contributed by atoms with E-state index in [1.165, 1.54) is 0 Å². The van der Waals surface area contributed by atoms with Crippen LogP contribution >= 0.6 is 19.8 Å². The number of hydrogen-bond acceptors (Lipinski definition) is 1. The summed E-state index contributed by atoms with van der Waals surface area (Å²) in [6.07, 6.45) is 0. The van der Waals surface area contributed by atoms with Gasteiger partial charge in [0.05, 0.1) is 0 Å². The molecule has 0 aromatic rings. The van der Waals surface area contributed by atoms with Crippen LogP contribution in [0.15, 0.2) is 0 Å². The third kappa shape index (κ3) is 6.41. The van der Waals surface area contributed by atoms with Crippen LogP contribution in [0.25, 0.3) is 0 Å². The number of halogens is 5. The predicted octanol–water partition coefficient (Wildman–Crippen LogP) is 2.66. The van der Waals surface area contributed by atoms with Crippen molar-refractivity contribution < 1.29 is 14.5 Å². The van der Waals surface area contributed by atoms with Crippen molar-refractivity contribution in [1.82, 2.24) is 0 Å². The molecule has 0 bridgehead atoms. The van der Waals surface area contributed by atoms with Gasteiger partial charge in [-0.1, -0.05) is 0 Å². The molecule has 0 aromatic carbocycles. The quantitative estimate of drug-likeness (QED) is 0.500. The molecule has 0 aliphatic rings. The van der Waals surface area contributed by atoms with E-state index < -0.39 is 19.8 Å². The van der Waals surface area contributed by atoms with Crippen molar-refractivity contribution in [3.63, 3.8) is 0 Å². The monoisotopic (exact) mass is 234 g/mol. The molecule has 6 heteroatoms. The Morgan fingerprint density at radius 1 is 1.14 bits per heavy atom. The van der Waals surface area contributed by atoms with Gasteiger partial charge in [-0.2, -0.15) is 0 Å². The standard InChI is InChI=1S/CH3F4IO/c1-7-6(2,3,4)5/h1H3. The van der Waals surface area contributed by atoms with Crippen LogP contribution in [0.4, 0.5) is 11.4 Å². The molecule has 0 aliphatic heterocycles. The maximum absolute atomic E-state index is 10.8. The van der Waals surface area contributed by atoms with Gasteiger partial charge in [0.15, 0.2) is 0 Å². The molecule has 0 fully saturated rings. The predicted molar refractivity (Wildman–Crippen MR) is 25.5 cm³/mol. The van der Waals surface area contributed by atoms with Gasteiger partial charge in [0.2, 0.25) is 0 Å². The molecule has 0 saturated heterocycles. The summed E-state index contributed by atoms with van der Waals surface area (Å²) >= 11 is -8.10. The van der Waals surface area contributed by atoms with Crippen LogP contribution in [-0.2, 0) is 3.07 Å². The fraction of sp³-hybridized carbons (Fsp3) is 1.00. The zero-order chi connectivity index (χ0) is 6.15. The van der Waals surface area contributed by atoms with E-state index in [0.717, 1.165) is 0 Å².